The third-order valence-corrected chi connectivity index (χ3v) is 8.33. The Morgan fingerprint density at radius 1 is 1.28 bits per heavy atom. The van der Waals surface area contributed by atoms with E-state index in [0.717, 1.165) is 61.8 Å². The van der Waals surface area contributed by atoms with Crippen molar-refractivity contribution < 1.29 is 9.53 Å². The van der Waals surface area contributed by atoms with Crippen LogP contribution in [0.1, 0.15) is 69.5 Å². The Hall–Kier alpha value is -2.12. The quantitative estimate of drug-likeness (QED) is 0.559. The van der Waals surface area contributed by atoms with Crippen LogP contribution < -0.4 is 11.3 Å². The van der Waals surface area contributed by atoms with Gasteiger partial charge in [-0.25, -0.2) is 4.98 Å². The van der Waals surface area contributed by atoms with Gasteiger partial charge in [0.1, 0.15) is 0 Å². The van der Waals surface area contributed by atoms with E-state index >= 15 is 0 Å². The Labute approximate surface area is 192 Å². The first-order valence-corrected chi connectivity index (χ1v) is 12.6. The van der Waals surface area contributed by atoms with E-state index in [1.54, 1.807) is 0 Å². The van der Waals surface area contributed by atoms with Crippen molar-refractivity contribution >= 4 is 17.7 Å². The number of benzene rings is 1. The number of carbonyl (C=O) groups excluding carboxylic acids is 1. The SMILES string of the molecule is CC1(C)CC(n2c(SCC(N)=O)nc3c(c2=O)C2(CCCC2)Cc2ccccc2-3)CCO1. The van der Waals surface area contributed by atoms with Crippen LogP contribution in [0.3, 0.4) is 0 Å². The second-order valence-corrected chi connectivity index (χ2v) is 11.1. The van der Waals surface area contributed by atoms with Crippen LogP contribution in [0.5, 0.6) is 0 Å². The third-order valence-electron chi connectivity index (χ3n) is 7.36. The van der Waals surface area contributed by atoms with Gasteiger partial charge in [-0.1, -0.05) is 48.9 Å². The number of hydrogen-bond donors (Lipinski definition) is 1. The summed E-state index contributed by atoms with van der Waals surface area (Å²) in [6, 6.07) is 8.32. The zero-order valence-electron chi connectivity index (χ0n) is 18.9. The summed E-state index contributed by atoms with van der Waals surface area (Å²) in [5.41, 5.74) is 9.12. The third kappa shape index (κ3) is 3.69. The Kier molecular flexibility index (Phi) is 5.45. The van der Waals surface area contributed by atoms with Gasteiger partial charge in [0, 0.05) is 23.6 Å². The number of thioether (sulfide) groups is 1. The molecule has 2 aliphatic carbocycles. The van der Waals surface area contributed by atoms with Crippen LogP contribution in [-0.4, -0.2) is 33.4 Å². The Morgan fingerprint density at radius 3 is 2.75 bits per heavy atom. The molecule has 170 valence electrons. The number of nitrogens with zero attached hydrogens (tertiary/aromatic N) is 2. The van der Waals surface area contributed by atoms with Crippen molar-refractivity contribution in [3.63, 3.8) is 0 Å². The molecule has 1 aliphatic heterocycles. The topological polar surface area (TPSA) is 87.2 Å². The highest BCUT2D eigenvalue weighted by Gasteiger charge is 2.45. The summed E-state index contributed by atoms with van der Waals surface area (Å²) in [4.78, 5) is 31.0. The van der Waals surface area contributed by atoms with Gasteiger partial charge in [0.2, 0.25) is 5.91 Å². The molecular formula is C25H31N3O3S. The van der Waals surface area contributed by atoms with E-state index in [1.807, 2.05) is 10.6 Å². The van der Waals surface area contributed by atoms with Crippen LogP contribution in [-0.2, 0) is 21.4 Å². The van der Waals surface area contributed by atoms with Gasteiger partial charge in [-0.3, -0.25) is 14.2 Å². The number of rotatable bonds is 4. The predicted molar refractivity (Wildman–Crippen MR) is 126 cm³/mol. The summed E-state index contributed by atoms with van der Waals surface area (Å²) < 4.78 is 7.81. The number of aromatic nitrogens is 2. The molecule has 2 fully saturated rings. The smallest absolute Gasteiger partial charge is 0.258 e. The van der Waals surface area contributed by atoms with E-state index < -0.39 is 5.91 Å². The molecule has 1 atom stereocenters. The lowest BCUT2D eigenvalue weighted by Crippen LogP contribution is -2.44. The second kappa shape index (κ2) is 8.03. The fraction of sp³-hybridized carbons (Fsp3) is 0.560. The minimum atomic E-state index is -0.409. The summed E-state index contributed by atoms with van der Waals surface area (Å²) in [5.74, 6) is -0.307. The first-order chi connectivity index (χ1) is 15.3. The Balaban J connectivity index is 1.74. The summed E-state index contributed by atoms with van der Waals surface area (Å²) in [6.45, 7) is 4.75. The second-order valence-electron chi connectivity index (χ2n) is 10.1. The molecule has 2 heterocycles. The molecule has 1 aromatic carbocycles. The van der Waals surface area contributed by atoms with Crippen LogP contribution in [0.4, 0.5) is 0 Å². The maximum absolute atomic E-state index is 14.3. The van der Waals surface area contributed by atoms with Gasteiger partial charge in [-0.05, 0) is 51.5 Å². The van der Waals surface area contributed by atoms with Gasteiger partial charge in [0.05, 0.1) is 22.6 Å². The van der Waals surface area contributed by atoms with Crippen LogP contribution in [0.15, 0.2) is 34.2 Å². The van der Waals surface area contributed by atoms with Crippen molar-refractivity contribution in [3.05, 3.63) is 45.7 Å². The zero-order valence-corrected chi connectivity index (χ0v) is 19.7. The molecule has 1 amide bonds. The van der Waals surface area contributed by atoms with Crippen molar-refractivity contribution in [1.29, 1.82) is 0 Å². The van der Waals surface area contributed by atoms with Crippen molar-refractivity contribution in [3.8, 4) is 11.3 Å². The van der Waals surface area contributed by atoms with Gasteiger partial charge >= 0.3 is 0 Å². The van der Waals surface area contributed by atoms with Crippen molar-refractivity contribution in [2.24, 2.45) is 5.73 Å². The van der Waals surface area contributed by atoms with Crippen molar-refractivity contribution in [2.45, 2.75) is 81.0 Å². The highest BCUT2D eigenvalue weighted by Crippen LogP contribution is 2.50. The normalized spacial score (nSPS) is 23.0. The number of fused-ring (bicyclic) bond motifs is 4. The van der Waals surface area contributed by atoms with Gasteiger partial charge in [-0.15, -0.1) is 0 Å². The fourth-order valence-corrected chi connectivity index (χ4v) is 6.80. The molecule has 7 heteroatoms. The number of hydrogen-bond acceptors (Lipinski definition) is 5. The summed E-state index contributed by atoms with van der Waals surface area (Å²) >= 11 is 1.28. The molecule has 32 heavy (non-hydrogen) atoms. The largest absolute Gasteiger partial charge is 0.375 e. The van der Waals surface area contributed by atoms with E-state index in [1.165, 1.54) is 17.3 Å². The lowest BCUT2D eigenvalue weighted by Gasteiger charge is -2.40. The number of ether oxygens (including phenoxy) is 1. The van der Waals surface area contributed by atoms with Gasteiger partial charge in [0.15, 0.2) is 5.16 Å². The average molecular weight is 454 g/mol. The van der Waals surface area contributed by atoms with E-state index in [2.05, 4.69) is 32.0 Å². The van der Waals surface area contributed by atoms with Gasteiger partial charge in [-0.2, -0.15) is 0 Å². The van der Waals surface area contributed by atoms with Gasteiger partial charge in [0.25, 0.3) is 5.56 Å². The molecule has 1 saturated carbocycles. The monoisotopic (exact) mass is 453 g/mol. The highest BCUT2D eigenvalue weighted by molar-refractivity contribution is 7.99. The van der Waals surface area contributed by atoms with Crippen LogP contribution >= 0.6 is 11.8 Å². The van der Waals surface area contributed by atoms with E-state index in [4.69, 9.17) is 15.5 Å². The van der Waals surface area contributed by atoms with Crippen LogP contribution in [0.25, 0.3) is 11.3 Å². The molecule has 0 radical (unpaired) electrons. The molecule has 1 unspecified atom stereocenters. The summed E-state index contributed by atoms with van der Waals surface area (Å²) in [6.07, 6.45) is 6.74. The first kappa shape index (κ1) is 21.7. The average Bonchev–Trinajstić information content (AvgIpc) is 3.19. The van der Waals surface area contributed by atoms with Crippen molar-refractivity contribution in [2.75, 3.05) is 12.4 Å². The zero-order chi connectivity index (χ0) is 22.5. The van der Waals surface area contributed by atoms with Gasteiger partial charge < -0.3 is 10.5 Å². The molecule has 3 aliphatic rings. The minimum absolute atomic E-state index is 0.00458. The minimum Gasteiger partial charge on any atom is -0.375 e. The molecular weight excluding hydrogens is 422 g/mol. The maximum atomic E-state index is 14.3. The predicted octanol–water partition coefficient (Wildman–Crippen LogP) is 3.99. The number of carbonyl (C=O) groups is 1. The molecule has 6 nitrogen and oxygen atoms in total. The molecule has 5 rings (SSSR count). The lowest BCUT2D eigenvalue weighted by atomic mass is 9.68. The summed E-state index contributed by atoms with van der Waals surface area (Å²) in [5, 5.41) is 0.597. The number of primary amides is 1. The molecule has 0 bridgehead atoms. The molecule has 2 N–H and O–H groups in total. The molecule has 1 saturated heterocycles. The fourth-order valence-electron chi connectivity index (χ4n) is 6.00. The maximum Gasteiger partial charge on any atom is 0.258 e. The standard InChI is InChI=1S/C25H31N3O3S/c1-24(2)14-17(9-12-31-24)28-22(30)20-21(27-23(28)32-15-19(26)29)18-8-4-3-7-16(18)13-25(20)10-5-6-11-25/h3-4,7-8,17H,5-6,9-15H2,1-2H3,(H2,26,29). The highest BCUT2D eigenvalue weighted by atomic mass is 32.2. The van der Waals surface area contributed by atoms with Crippen LogP contribution in [0.2, 0.25) is 0 Å². The first-order valence-electron chi connectivity index (χ1n) is 11.6. The molecule has 1 spiro atoms. The lowest BCUT2D eigenvalue weighted by molar-refractivity contribution is -0.115. The Morgan fingerprint density at radius 2 is 2.03 bits per heavy atom. The van der Waals surface area contributed by atoms with Crippen LogP contribution in [0, 0.1) is 0 Å². The van der Waals surface area contributed by atoms with E-state index in [-0.39, 0.29) is 28.4 Å². The van der Waals surface area contributed by atoms with E-state index in [9.17, 15) is 9.59 Å². The number of nitrogens with two attached hydrogens (primary N) is 1. The molecule has 1 aromatic heterocycles. The summed E-state index contributed by atoms with van der Waals surface area (Å²) in [7, 11) is 0. The molecule has 2 aromatic rings. The van der Waals surface area contributed by atoms with E-state index in [0.29, 0.717) is 11.8 Å². The Bertz CT molecular complexity index is 1120. The van der Waals surface area contributed by atoms with Crippen molar-refractivity contribution in [1.82, 2.24) is 9.55 Å². The number of amides is 1.